The van der Waals surface area contributed by atoms with Gasteiger partial charge in [-0.25, -0.2) is 9.97 Å². The fraction of sp³-hybridized carbons (Fsp3) is 0.231. The van der Waals surface area contributed by atoms with Crippen LogP contribution in [0.2, 0.25) is 5.15 Å². The van der Waals surface area contributed by atoms with Gasteiger partial charge in [-0.15, -0.1) is 0 Å². The van der Waals surface area contributed by atoms with E-state index in [2.05, 4.69) is 9.97 Å². The molecule has 7 heteroatoms. The van der Waals surface area contributed by atoms with E-state index >= 15 is 0 Å². The minimum absolute atomic E-state index is 0.109. The van der Waals surface area contributed by atoms with Crippen LogP contribution in [0.1, 0.15) is 18.1 Å². The molecule has 1 aromatic heterocycles. The number of aryl methyl sites for hydroxylation is 1. The van der Waals surface area contributed by atoms with Gasteiger partial charge in [0.1, 0.15) is 11.5 Å². The molecule has 0 radical (unpaired) electrons. The van der Waals surface area contributed by atoms with Gasteiger partial charge in [-0.3, -0.25) is 10.1 Å². The number of benzene rings is 1. The minimum Gasteiger partial charge on any atom is -0.431 e. The molecular weight excluding hydrogens is 282 g/mol. The maximum Gasteiger partial charge on any atom is 0.311 e. The van der Waals surface area contributed by atoms with Gasteiger partial charge in [-0.05, 0) is 18.9 Å². The highest BCUT2D eigenvalue weighted by Crippen LogP contribution is 2.35. The zero-order valence-electron chi connectivity index (χ0n) is 11.0. The largest absolute Gasteiger partial charge is 0.431 e. The van der Waals surface area contributed by atoms with Crippen molar-refractivity contribution in [1.29, 1.82) is 0 Å². The summed E-state index contributed by atoms with van der Waals surface area (Å²) in [6.07, 6.45) is 1.83. The van der Waals surface area contributed by atoms with Crippen molar-refractivity contribution in [1.82, 2.24) is 9.97 Å². The molecule has 0 bridgehead atoms. The van der Waals surface area contributed by atoms with Crippen LogP contribution >= 0.6 is 11.6 Å². The number of nitro benzene ring substituents is 1. The van der Waals surface area contributed by atoms with Crippen LogP contribution < -0.4 is 4.74 Å². The van der Waals surface area contributed by atoms with Crippen LogP contribution in [0.5, 0.6) is 11.6 Å². The van der Waals surface area contributed by atoms with Crippen molar-refractivity contribution in [3.63, 3.8) is 0 Å². The Morgan fingerprint density at radius 2 is 2.15 bits per heavy atom. The molecule has 0 amide bonds. The third-order valence-corrected chi connectivity index (χ3v) is 3.12. The molecule has 0 fully saturated rings. The minimum atomic E-state index is -0.489. The van der Waals surface area contributed by atoms with Crippen molar-refractivity contribution >= 4 is 17.3 Å². The summed E-state index contributed by atoms with van der Waals surface area (Å²) in [5.74, 6) is 0.409. The summed E-state index contributed by atoms with van der Waals surface area (Å²) in [4.78, 5) is 18.4. The van der Waals surface area contributed by atoms with Crippen LogP contribution in [0.25, 0.3) is 0 Å². The average molecular weight is 294 g/mol. The van der Waals surface area contributed by atoms with Gasteiger partial charge in [0.05, 0.1) is 10.5 Å². The smallest absolute Gasteiger partial charge is 0.311 e. The topological polar surface area (TPSA) is 78.2 Å². The molecule has 2 aromatic rings. The van der Waals surface area contributed by atoms with Gasteiger partial charge in [0, 0.05) is 6.07 Å². The van der Waals surface area contributed by atoms with Crippen molar-refractivity contribution in [3.8, 4) is 11.6 Å². The van der Waals surface area contributed by atoms with Crippen molar-refractivity contribution in [2.75, 3.05) is 0 Å². The third-order valence-electron chi connectivity index (χ3n) is 2.79. The SMILES string of the molecule is CCc1c(Cl)ncnc1Oc1c(C)cccc1[N+](=O)[O-]. The molecule has 0 unspecified atom stereocenters. The molecule has 1 aromatic carbocycles. The first kappa shape index (κ1) is 14.2. The number of halogens is 1. The van der Waals surface area contributed by atoms with Crippen molar-refractivity contribution in [2.24, 2.45) is 0 Å². The molecule has 0 aliphatic heterocycles. The lowest BCUT2D eigenvalue weighted by atomic mass is 10.2. The van der Waals surface area contributed by atoms with Crippen LogP contribution in [-0.4, -0.2) is 14.9 Å². The summed E-state index contributed by atoms with van der Waals surface area (Å²) in [7, 11) is 0. The Labute approximate surface area is 120 Å². The second-order valence-corrected chi connectivity index (χ2v) is 4.44. The van der Waals surface area contributed by atoms with E-state index in [0.717, 1.165) is 0 Å². The quantitative estimate of drug-likeness (QED) is 0.488. The van der Waals surface area contributed by atoms with Gasteiger partial charge >= 0.3 is 5.69 Å². The van der Waals surface area contributed by atoms with Gasteiger partial charge in [-0.1, -0.05) is 30.7 Å². The van der Waals surface area contributed by atoms with Crippen LogP contribution in [0, 0.1) is 17.0 Å². The van der Waals surface area contributed by atoms with E-state index in [9.17, 15) is 10.1 Å². The highest BCUT2D eigenvalue weighted by atomic mass is 35.5. The monoisotopic (exact) mass is 293 g/mol. The normalized spacial score (nSPS) is 10.3. The predicted octanol–water partition coefficient (Wildman–Crippen LogP) is 3.70. The van der Waals surface area contributed by atoms with Gasteiger partial charge in [0.25, 0.3) is 0 Å². The Morgan fingerprint density at radius 1 is 1.40 bits per heavy atom. The Hall–Kier alpha value is -2.21. The first-order valence-electron chi connectivity index (χ1n) is 5.95. The molecule has 0 spiro atoms. The van der Waals surface area contributed by atoms with E-state index in [1.54, 1.807) is 19.1 Å². The molecule has 1 heterocycles. The Balaban J connectivity index is 2.50. The standard InChI is InChI=1S/C13H12ClN3O3/c1-3-9-12(14)15-7-16-13(9)20-11-8(2)5-4-6-10(11)17(18)19/h4-7H,3H2,1-2H3. The van der Waals surface area contributed by atoms with Crippen LogP contribution in [-0.2, 0) is 6.42 Å². The Bertz CT molecular complexity index is 661. The number of nitrogens with zero attached hydrogens (tertiary/aromatic N) is 3. The Kier molecular flexibility index (Phi) is 4.14. The summed E-state index contributed by atoms with van der Waals surface area (Å²) in [5.41, 5.74) is 1.16. The maximum absolute atomic E-state index is 11.1. The van der Waals surface area contributed by atoms with Gasteiger partial charge < -0.3 is 4.74 Å². The van der Waals surface area contributed by atoms with E-state index in [1.807, 2.05) is 6.92 Å². The number of aromatic nitrogens is 2. The lowest BCUT2D eigenvalue weighted by Gasteiger charge is -2.11. The average Bonchev–Trinajstić information content (AvgIpc) is 2.41. The molecule has 2 rings (SSSR count). The molecule has 0 aliphatic rings. The summed E-state index contributed by atoms with van der Waals surface area (Å²) in [5, 5.41) is 11.3. The molecule has 0 saturated heterocycles. The first-order valence-corrected chi connectivity index (χ1v) is 6.33. The number of para-hydroxylation sites is 1. The second-order valence-electron chi connectivity index (χ2n) is 4.08. The summed E-state index contributed by atoms with van der Waals surface area (Å²) in [6.45, 7) is 3.61. The van der Waals surface area contributed by atoms with Crippen molar-refractivity contribution < 1.29 is 9.66 Å². The van der Waals surface area contributed by atoms with E-state index < -0.39 is 4.92 Å². The Morgan fingerprint density at radius 3 is 2.80 bits per heavy atom. The van der Waals surface area contributed by atoms with E-state index in [0.29, 0.717) is 17.5 Å². The van der Waals surface area contributed by atoms with Gasteiger partial charge in [0.2, 0.25) is 11.6 Å². The molecule has 0 aliphatic carbocycles. The molecule has 104 valence electrons. The number of nitro groups is 1. The summed E-state index contributed by atoms with van der Waals surface area (Å²) >= 11 is 5.97. The van der Waals surface area contributed by atoms with Crippen LogP contribution in [0.3, 0.4) is 0 Å². The van der Waals surface area contributed by atoms with Crippen molar-refractivity contribution in [3.05, 3.63) is 50.9 Å². The second kappa shape index (κ2) is 5.83. The zero-order valence-corrected chi connectivity index (χ0v) is 11.7. The lowest BCUT2D eigenvalue weighted by molar-refractivity contribution is -0.385. The first-order chi connectivity index (χ1) is 9.54. The molecule has 6 nitrogen and oxygen atoms in total. The molecule has 0 N–H and O–H groups in total. The van der Waals surface area contributed by atoms with E-state index in [4.69, 9.17) is 16.3 Å². The molecule has 0 saturated carbocycles. The summed E-state index contributed by atoms with van der Waals surface area (Å²) in [6, 6.07) is 4.72. The number of hydrogen-bond acceptors (Lipinski definition) is 5. The van der Waals surface area contributed by atoms with Gasteiger partial charge in [0.15, 0.2) is 0 Å². The lowest BCUT2D eigenvalue weighted by Crippen LogP contribution is -2.00. The van der Waals surface area contributed by atoms with E-state index in [1.165, 1.54) is 12.4 Å². The maximum atomic E-state index is 11.1. The molecular formula is C13H12ClN3O3. The van der Waals surface area contributed by atoms with E-state index in [-0.39, 0.29) is 22.5 Å². The van der Waals surface area contributed by atoms with Crippen LogP contribution in [0.4, 0.5) is 5.69 Å². The highest BCUT2D eigenvalue weighted by molar-refractivity contribution is 6.30. The molecule has 20 heavy (non-hydrogen) atoms. The van der Waals surface area contributed by atoms with Gasteiger partial charge in [-0.2, -0.15) is 0 Å². The third kappa shape index (κ3) is 2.70. The number of ether oxygens (including phenoxy) is 1. The fourth-order valence-corrected chi connectivity index (χ4v) is 2.03. The number of rotatable bonds is 4. The fourth-order valence-electron chi connectivity index (χ4n) is 1.77. The highest BCUT2D eigenvalue weighted by Gasteiger charge is 2.20. The van der Waals surface area contributed by atoms with Crippen molar-refractivity contribution in [2.45, 2.75) is 20.3 Å². The van der Waals surface area contributed by atoms with Crippen LogP contribution in [0.15, 0.2) is 24.5 Å². The molecule has 0 atom stereocenters. The summed E-state index contributed by atoms with van der Waals surface area (Å²) < 4.78 is 5.63. The predicted molar refractivity (Wildman–Crippen MR) is 74.3 cm³/mol. The number of hydrogen-bond donors (Lipinski definition) is 0. The zero-order chi connectivity index (χ0) is 14.7.